The average Bonchev–Trinajstić information content (AvgIpc) is 2.57. The molecule has 1 atom stereocenters. The maximum atomic E-state index is 12.5. The second-order valence-corrected chi connectivity index (χ2v) is 7.11. The van der Waals surface area contributed by atoms with Gasteiger partial charge in [-0.3, -0.25) is 9.59 Å². The number of anilines is 1. The van der Waals surface area contributed by atoms with Crippen molar-refractivity contribution in [2.45, 2.75) is 33.1 Å². The molecule has 0 saturated carbocycles. The monoisotopic (exact) mass is 334 g/mol. The summed E-state index contributed by atoms with van der Waals surface area (Å²) in [7, 11) is 0. The van der Waals surface area contributed by atoms with Crippen LogP contribution in [-0.4, -0.2) is 11.7 Å². The zero-order chi connectivity index (χ0) is 18.6. The molecule has 0 aliphatic carbocycles. The lowest BCUT2D eigenvalue weighted by Gasteiger charge is -2.19. The summed E-state index contributed by atoms with van der Waals surface area (Å²) in [5, 5.41) is 11.9. The lowest BCUT2D eigenvalue weighted by molar-refractivity contribution is -0.117. The van der Waals surface area contributed by atoms with Crippen molar-refractivity contribution in [1.29, 1.82) is 5.26 Å². The number of nitrogens with zero attached hydrogens (tertiary/aromatic N) is 1. The van der Waals surface area contributed by atoms with Gasteiger partial charge in [-0.05, 0) is 30.0 Å². The molecule has 0 spiro atoms. The first-order valence-electron chi connectivity index (χ1n) is 8.14. The van der Waals surface area contributed by atoms with E-state index in [4.69, 9.17) is 0 Å². The number of benzene rings is 2. The van der Waals surface area contributed by atoms with Crippen LogP contribution in [0.5, 0.6) is 0 Å². The quantitative estimate of drug-likeness (QED) is 0.671. The van der Waals surface area contributed by atoms with E-state index in [0.29, 0.717) is 11.3 Å². The van der Waals surface area contributed by atoms with E-state index in [-0.39, 0.29) is 5.41 Å². The Kier molecular flexibility index (Phi) is 5.38. The molecular formula is C21H22N2O2. The third-order valence-electron chi connectivity index (χ3n) is 4.01. The van der Waals surface area contributed by atoms with Crippen LogP contribution in [0.2, 0.25) is 0 Å². The van der Waals surface area contributed by atoms with E-state index in [1.165, 1.54) is 0 Å². The van der Waals surface area contributed by atoms with Crippen LogP contribution in [0.15, 0.2) is 48.5 Å². The van der Waals surface area contributed by atoms with Gasteiger partial charge >= 0.3 is 0 Å². The number of hydrogen-bond acceptors (Lipinski definition) is 3. The van der Waals surface area contributed by atoms with Gasteiger partial charge in [0.05, 0.1) is 6.07 Å². The van der Waals surface area contributed by atoms with Crippen LogP contribution in [0, 0.1) is 24.2 Å². The Morgan fingerprint density at radius 1 is 1.00 bits per heavy atom. The van der Waals surface area contributed by atoms with Gasteiger partial charge < -0.3 is 5.32 Å². The predicted molar refractivity (Wildman–Crippen MR) is 98.4 cm³/mol. The van der Waals surface area contributed by atoms with Crippen LogP contribution in [-0.2, 0) is 10.2 Å². The highest BCUT2D eigenvalue weighted by atomic mass is 16.2. The van der Waals surface area contributed by atoms with Crippen molar-refractivity contribution in [2.75, 3.05) is 5.32 Å². The summed E-state index contributed by atoms with van der Waals surface area (Å²) in [4.78, 5) is 24.9. The summed E-state index contributed by atoms with van der Waals surface area (Å²) >= 11 is 0. The zero-order valence-electron chi connectivity index (χ0n) is 15.0. The first-order chi connectivity index (χ1) is 11.7. The first kappa shape index (κ1) is 18.4. The summed E-state index contributed by atoms with van der Waals surface area (Å²) in [6, 6.07) is 16.1. The van der Waals surface area contributed by atoms with Gasteiger partial charge in [0, 0.05) is 11.3 Å². The molecule has 2 aromatic rings. The van der Waals surface area contributed by atoms with Gasteiger partial charge in [0.15, 0.2) is 11.7 Å². The molecule has 128 valence electrons. The SMILES string of the molecule is Cc1ccc(NC(=O)[C@@H](C#N)C(=O)c2ccc(C(C)(C)C)cc2)cc1. The molecule has 4 nitrogen and oxygen atoms in total. The minimum Gasteiger partial charge on any atom is -0.325 e. The van der Waals surface area contributed by atoms with Gasteiger partial charge in [-0.15, -0.1) is 0 Å². The molecule has 1 N–H and O–H groups in total. The molecular weight excluding hydrogens is 312 g/mol. The van der Waals surface area contributed by atoms with Crippen molar-refractivity contribution in [3.63, 3.8) is 0 Å². The van der Waals surface area contributed by atoms with Crippen LogP contribution in [0.3, 0.4) is 0 Å². The van der Waals surface area contributed by atoms with E-state index in [9.17, 15) is 14.9 Å². The molecule has 0 bridgehead atoms. The number of Topliss-reactive ketones (excluding diaryl/α,β-unsaturated/α-hetero) is 1. The number of rotatable bonds is 4. The molecule has 0 radical (unpaired) electrons. The van der Waals surface area contributed by atoms with E-state index < -0.39 is 17.6 Å². The first-order valence-corrected chi connectivity index (χ1v) is 8.14. The molecule has 0 aliphatic heterocycles. The van der Waals surface area contributed by atoms with Crippen LogP contribution in [0.25, 0.3) is 0 Å². The van der Waals surface area contributed by atoms with E-state index in [1.807, 2.05) is 37.3 Å². The van der Waals surface area contributed by atoms with Crippen LogP contribution >= 0.6 is 0 Å². The average molecular weight is 334 g/mol. The van der Waals surface area contributed by atoms with Gasteiger partial charge in [-0.25, -0.2) is 0 Å². The molecule has 25 heavy (non-hydrogen) atoms. The third kappa shape index (κ3) is 4.54. The lowest BCUT2D eigenvalue weighted by Crippen LogP contribution is -2.28. The summed E-state index contributed by atoms with van der Waals surface area (Å²) in [5.41, 5.74) is 3.04. The summed E-state index contributed by atoms with van der Waals surface area (Å²) in [5.74, 6) is -2.48. The molecule has 0 fully saturated rings. The second-order valence-electron chi connectivity index (χ2n) is 7.11. The number of nitrogens with one attached hydrogen (secondary N) is 1. The maximum Gasteiger partial charge on any atom is 0.249 e. The van der Waals surface area contributed by atoms with Crippen LogP contribution in [0.1, 0.15) is 42.3 Å². The second kappa shape index (κ2) is 7.31. The Hall–Kier alpha value is -2.93. The van der Waals surface area contributed by atoms with Gasteiger partial charge in [-0.1, -0.05) is 62.7 Å². The topological polar surface area (TPSA) is 70.0 Å². The van der Waals surface area contributed by atoms with Crippen molar-refractivity contribution >= 4 is 17.4 Å². The molecule has 0 heterocycles. The van der Waals surface area contributed by atoms with Gasteiger partial charge in [-0.2, -0.15) is 5.26 Å². The largest absolute Gasteiger partial charge is 0.325 e. The Morgan fingerprint density at radius 2 is 1.56 bits per heavy atom. The molecule has 0 saturated heterocycles. The third-order valence-corrected chi connectivity index (χ3v) is 4.01. The number of carbonyl (C=O) groups is 2. The molecule has 0 unspecified atom stereocenters. The fraction of sp³-hybridized carbons (Fsp3) is 0.286. The van der Waals surface area contributed by atoms with E-state index in [1.54, 1.807) is 24.3 Å². The van der Waals surface area contributed by atoms with E-state index >= 15 is 0 Å². The number of amides is 1. The van der Waals surface area contributed by atoms with Crippen LogP contribution in [0.4, 0.5) is 5.69 Å². The van der Waals surface area contributed by atoms with Crippen molar-refractivity contribution in [3.8, 4) is 6.07 Å². The zero-order valence-corrected chi connectivity index (χ0v) is 15.0. The highest BCUT2D eigenvalue weighted by molar-refractivity contribution is 6.15. The predicted octanol–water partition coefficient (Wildman–Crippen LogP) is 4.25. The molecule has 0 aromatic heterocycles. The molecule has 1 amide bonds. The minimum absolute atomic E-state index is 0.0287. The Bertz CT molecular complexity index is 807. The summed E-state index contributed by atoms with van der Waals surface area (Å²) in [6.45, 7) is 8.18. The van der Waals surface area contributed by atoms with Gasteiger partial charge in [0.1, 0.15) is 0 Å². The normalized spacial score (nSPS) is 12.1. The van der Waals surface area contributed by atoms with E-state index in [2.05, 4.69) is 26.1 Å². The standard InChI is InChI=1S/C21H22N2O2/c1-14-5-11-17(12-6-14)23-20(25)18(13-22)19(24)15-7-9-16(10-8-15)21(2,3)4/h5-12,18H,1-4H3,(H,23,25)/t18-/m0/s1. The smallest absolute Gasteiger partial charge is 0.249 e. The molecule has 4 heteroatoms. The highest BCUT2D eigenvalue weighted by Gasteiger charge is 2.28. The Labute approximate surface area is 148 Å². The molecule has 2 aromatic carbocycles. The Morgan fingerprint density at radius 3 is 2.04 bits per heavy atom. The minimum atomic E-state index is -1.37. The number of nitriles is 1. The number of aryl methyl sites for hydroxylation is 1. The van der Waals surface area contributed by atoms with Crippen molar-refractivity contribution in [3.05, 3.63) is 65.2 Å². The summed E-state index contributed by atoms with van der Waals surface area (Å²) < 4.78 is 0. The van der Waals surface area contributed by atoms with Crippen molar-refractivity contribution < 1.29 is 9.59 Å². The Balaban J connectivity index is 2.16. The fourth-order valence-corrected chi connectivity index (χ4v) is 2.39. The fourth-order valence-electron chi connectivity index (χ4n) is 2.39. The van der Waals surface area contributed by atoms with Crippen molar-refractivity contribution in [2.24, 2.45) is 5.92 Å². The summed E-state index contributed by atoms with van der Waals surface area (Å²) in [6.07, 6.45) is 0. The van der Waals surface area contributed by atoms with E-state index in [0.717, 1.165) is 11.1 Å². The van der Waals surface area contributed by atoms with Crippen molar-refractivity contribution in [1.82, 2.24) is 0 Å². The number of ketones is 1. The highest BCUT2D eigenvalue weighted by Crippen LogP contribution is 2.23. The molecule has 0 aliphatic rings. The number of carbonyl (C=O) groups excluding carboxylic acids is 2. The van der Waals surface area contributed by atoms with Crippen LogP contribution < -0.4 is 5.32 Å². The number of hydrogen-bond donors (Lipinski definition) is 1. The maximum absolute atomic E-state index is 12.5. The molecule has 2 rings (SSSR count). The lowest BCUT2D eigenvalue weighted by atomic mass is 9.86. The van der Waals surface area contributed by atoms with Gasteiger partial charge in [0.2, 0.25) is 5.91 Å². The van der Waals surface area contributed by atoms with Gasteiger partial charge in [0.25, 0.3) is 0 Å².